The molecule has 186 valence electrons. The van der Waals surface area contributed by atoms with Crippen molar-refractivity contribution < 1.29 is 4.79 Å². The molecule has 2 rings (SSSR count). The van der Waals surface area contributed by atoms with Crippen molar-refractivity contribution in [3.63, 3.8) is 0 Å². The van der Waals surface area contributed by atoms with Crippen molar-refractivity contribution in [1.29, 1.82) is 0 Å². The van der Waals surface area contributed by atoms with E-state index in [1.54, 1.807) is 6.20 Å². The highest BCUT2D eigenvalue weighted by molar-refractivity contribution is 6.01. The van der Waals surface area contributed by atoms with E-state index < -0.39 is 0 Å². The van der Waals surface area contributed by atoms with Crippen LogP contribution in [0.25, 0.3) is 0 Å². The Balaban J connectivity index is 2.11. The van der Waals surface area contributed by atoms with Crippen LogP contribution < -0.4 is 5.32 Å². The fourth-order valence-electron chi connectivity index (χ4n) is 4.16. The molecule has 0 spiro atoms. The SMILES string of the molecule is C=CN(/C=C(\C)C(=O)NC1CCN(C(=C\CCC)/C(=N/C=C\C)C(C)CC)C1)C1=CCCC=C1. The lowest BCUT2D eigenvalue weighted by Gasteiger charge is -2.26. The Bertz CT molecular complexity index is 875. The van der Waals surface area contributed by atoms with Gasteiger partial charge in [-0.1, -0.05) is 58.1 Å². The van der Waals surface area contributed by atoms with Gasteiger partial charge in [-0.25, -0.2) is 0 Å². The van der Waals surface area contributed by atoms with Gasteiger partial charge in [-0.3, -0.25) is 9.79 Å². The van der Waals surface area contributed by atoms with Crippen molar-refractivity contribution in [1.82, 2.24) is 15.1 Å². The van der Waals surface area contributed by atoms with Gasteiger partial charge in [-0.15, -0.1) is 0 Å². The van der Waals surface area contributed by atoms with E-state index in [0.717, 1.165) is 63.0 Å². The van der Waals surface area contributed by atoms with Crippen LogP contribution in [0, 0.1) is 5.92 Å². The molecule has 0 aromatic rings. The number of carbonyl (C=O) groups is 1. The zero-order valence-electron chi connectivity index (χ0n) is 21.9. The van der Waals surface area contributed by atoms with E-state index in [4.69, 9.17) is 4.99 Å². The molecule has 1 aliphatic carbocycles. The Morgan fingerprint density at radius 1 is 1.38 bits per heavy atom. The van der Waals surface area contributed by atoms with Gasteiger partial charge in [0.05, 0.1) is 11.4 Å². The predicted molar refractivity (Wildman–Crippen MR) is 145 cm³/mol. The Kier molecular flexibility index (Phi) is 11.7. The molecule has 0 radical (unpaired) electrons. The minimum absolute atomic E-state index is 0.0251. The predicted octanol–water partition coefficient (Wildman–Crippen LogP) is 6.46. The summed E-state index contributed by atoms with van der Waals surface area (Å²) in [5.74, 6) is 0.356. The summed E-state index contributed by atoms with van der Waals surface area (Å²) in [6.45, 7) is 16.2. The molecule has 34 heavy (non-hydrogen) atoms. The smallest absolute Gasteiger partial charge is 0.248 e. The maximum Gasteiger partial charge on any atom is 0.248 e. The number of carbonyl (C=O) groups excluding carboxylic acids is 1. The van der Waals surface area contributed by atoms with E-state index in [1.807, 2.05) is 37.2 Å². The zero-order valence-corrected chi connectivity index (χ0v) is 21.9. The maximum atomic E-state index is 13.0. The standard InChI is InChI=1S/C29H44N4O/c1-7-11-17-27(28(23(5)9-3)30-19-8-2)33-20-18-25(22-33)31-29(34)24(6)21-32(10-4)26-15-13-12-14-16-26/h8,10,13,15-17,19,21,23,25H,4,7,9,11-12,14,18,20,22H2,1-3,5-6H3,(H,31,34)/b19-8-,24-21+,27-17-,30-28+. The van der Waals surface area contributed by atoms with Crippen molar-refractivity contribution in [3.8, 4) is 0 Å². The van der Waals surface area contributed by atoms with Crippen LogP contribution in [-0.2, 0) is 4.79 Å². The third kappa shape index (κ3) is 7.89. The van der Waals surface area contributed by atoms with E-state index in [9.17, 15) is 4.79 Å². The van der Waals surface area contributed by atoms with Crippen LogP contribution >= 0.6 is 0 Å². The molecule has 1 heterocycles. The average molecular weight is 465 g/mol. The lowest BCUT2D eigenvalue weighted by atomic mass is 9.98. The number of hydrogen-bond donors (Lipinski definition) is 1. The number of hydrogen-bond acceptors (Lipinski definition) is 4. The van der Waals surface area contributed by atoms with Gasteiger partial charge < -0.3 is 15.1 Å². The molecule has 0 saturated carbocycles. The fraction of sp³-hybridized carbons (Fsp3) is 0.517. The molecular weight excluding hydrogens is 420 g/mol. The number of likely N-dealkylation sites (tertiary alicyclic amines) is 1. The second kappa shape index (κ2) is 14.4. The molecule has 1 aliphatic heterocycles. The molecule has 2 unspecified atom stereocenters. The van der Waals surface area contributed by atoms with Crippen LogP contribution in [0.4, 0.5) is 0 Å². The van der Waals surface area contributed by atoms with Crippen LogP contribution in [0.5, 0.6) is 0 Å². The van der Waals surface area contributed by atoms with Crippen molar-refractivity contribution in [2.45, 2.75) is 79.2 Å². The number of unbranched alkanes of at least 4 members (excludes halogenated alkanes) is 1. The number of aliphatic imine (C=N–C) groups is 1. The summed E-state index contributed by atoms with van der Waals surface area (Å²) < 4.78 is 0. The van der Waals surface area contributed by atoms with Gasteiger partial charge in [0.15, 0.2) is 0 Å². The molecular formula is C29H44N4O. The third-order valence-electron chi connectivity index (χ3n) is 6.36. The number of allylic oxidation sites excluding steroid dienone is 6. The molecule has 1 N–H and O–H groups in total. The first-order chi connectivity index (χ1) is 16.4. The van der Waals surface area contributed by atoms with E-state index in [2.05, 4.69) is 61.9 Å². The third-order valence-corrected chi connectivity index (χ3v) is 6.36. The monoisotopic (exact) mass is 464 g/mol. The Hall–Kier alpha value is -2.82. The largest absolute Gasteiger partial charge is 0.368 e. The molecule has 1 fully saturated rings. The normalized spacial score (nSPS) is 20.5. The molecule has 1 saturated heterocycles. The summed E-state index contributed by atoms with van der Waals surface area (Å²) in [7, 11) is 0. The van der Waals surface area contributed by atoms with E-state index in [1.165, 1.54) is 5.70 Å². The topological polar surface area (TPSA) is 47.9 Å². The quantitative estimate of drug-likeness (QED) is 0.266. The highest BCUT2D eigenvalue weighted by atomic mass is 16.1. The molecule has 0 aromatic heterocycles. The van der Waals surface area contributed by atoms with Gasteiger partial charge in [-0.05, 0) is 52.0 Å². The Morgan fingerprint density at radius 3 is 2.79 bits per heavy atom. The summed E-state index contributed by atoms with van der Waals surface area (Å²) >= 11 is 0. The Labute approximate surface area is 207 Å². The summed E-state index contributed by atoms with van der Waals surface area (Å²) in [6, 6.07) is 0.117. The first kappa shape index (κ1) is 27.4. The van der Waals surface area contributed by atoms with Gasteiger partial charge in [0, 0.05) is 54.9 Å². The molecule has 5 nitrogen and oxygen atoms in total. The summed E-state index contributed by atoms with van der Waals surface area (Å²) in [4.78, 5) is 22.1. The van der Waals surface area contributed by atoms with Crippen molar-refractivity contribution >= 4 is 11.6 Å². The van der Waals surface area contributed by atoms with Gasteiger partial charge >= 0.3 is 0 Å². The zero-order chi connectivity index (χ0) is 24.9. The van der Waals surface area contributed by atoms with Crippen LogP contribution in [0.1, 0.15) is 73.1 Å². The van der Waals surface area contributed by atoms with Crippen LogP contribution in [0.2, 0.25) is 0 Å². The highest BCUT2D eigenvalue weighted by Crippen LogP contribution is 2.23. The molecule has 0 bridgehead atoms. The maximum absolute atomic E-state index is 13.0. The first-order valence-electron chi connectivity index (χ1n) is 12.9. The number of nitrogens with one attached hydrogen (secondary N) is 1. The summed E-state index contributed by atoms with van der Waals surface area (Å²) in [5, 5.41) is 3.25. The van der Waals surface area contributed by atoms with Crippen LogP contribution in [0.15, 0.2) is 77.5 Å². The lowest BCUT2D eigenvalue weighted by molar-refractivity contribution is -0.118. The van der Waals surface area contributed by atoms with Crippen molar-refractivity contribution in [3.05, 3.63) is 72.5 Å². The number of nitrogens with zero attached hydrogens (tertiary/aromatic N) is 3. The second-order valence-electron chi connectivity index (χ2n) is 9.10. The number of rotatable bonds is 12. The Morgan fingerprint density at radius 2 is 2.18 bits per heavy atom. The summed E-state index contributed by atoms with van der Waals surface area (Å²) in [6.07, 6.45) is 22.4. The van der Waals surface area contributed by atoms with E-state index >= 15 is 0 Å². The van der Waals surface area contributed by atoms with Crippen molar-refractivity contribution in [2.24, 2.45) is 10.9 Å². The average Bonchev–Trinajstić information content (AvgIpc) is 3.32. The molecule has 2 aliphatic rings. The van der Waals surface area contributed by atoms with Crippen molar-refractivity contribution in [2.75, 3.05) is 13.1 Å². The molecule has 1 amide bonds. The highest BCUT2D eigenvalue weighted by Gasteiger charge is 2.28. The lowest BCUT2D eigenvalue weighted by Crippen LogP contribution is -2.38. The van der Waals surface area contributed by atoms with Crippen LogP contribution in [-0.4, -0.2) is 40.6 Å². The van der Waals surface area contributed by atoms with Gasteiger partial charge in [0.2, 0.25) is 5.91 Å². The number of amides is 1. The second-order valence-corrected chi connectivity index (χ2v) is 9.10. The minimum atomic E-state index is -0.0251. The molecule has 2 atom stereocenters. The van der Waals surface area contributed by atoms with E-state index in [0.29, 0.717) is 11.5 Å². The van der Waals surface area contributed by atoms with E-state index in [-0.39, 0.29) is 11.9 Å². The summed E-state index contributed by atoms with van der Waals surface area (Å²) in [5.41, 5.74) is 4.11. The van der Waals surface area contributed by atoms with Gasteiger partial charge in [-0.2, -0.15) is 0 Å². The molecule has 5 heteroatoms. The van der Waals surface area contributed by atoms with Gasteiger partial charge in [0.25, 0.3) is 0 Å². The van der Waals surface area contributed by atoms with Gasteiger partial charge in [0.1, 0.15) is 0 Å². The molecule has 0 aromatic carbocycles. The first-order valence-corrected chi connectivity index (χ1v) is 12.9. The van der Waals surface area contributed by atoms with Crippen LogP contribution in [0.3, 0.4) is 0 Å². The fourth-order valence-corrected chi connectivity index (χ4v) is 4.16. The minimum Gasteiger partial charge on any atom is -0.368 e.